The van der Waals surface area contributed by atoms with Gasteiger partial charge >= 0.3 is 0 Å². The number of aromatic nitrogens is 2. The molecule has 1 saturated carbocycles. The Morgan fingerprint density at radius 1 is 1.28 bits per heavy atom. The van der Waals surface area contributed by atoms with Gasteiger partial charge in [-0.15, -0.1) is 0 Å². The lowest BCUT2D eigenvalue weighted by atomic mass is 9.96. The van der Waals surface area contributed by atoms with Crippen molar-refractivity contribution in [1.29, 1.82) is 5.26 Å². The van der Waals surface area contributed by atoms with Crippen molar-refractivity contribution in [1.82, 2.24) is 14.5 Å². The quantitative estimate of drug-likeness (QED) is 0.674. The molecule has 3 heterocycles. The molecule has 1 aliphatic heterocycles. The smallest absolute Gasteiger partial charge is 0.198 e. The van der Waals surface area contributed by atoms with E-state index < -0.39 is 0 Å². The minimum absolute atomic E-state index is 0.411. The van der Waals surface area contributed by atoms with Crippen LogP contribution in [-0.2, 0) is 7.05 Å². The van der Waals surface area contributed by atoms with Crippen molar-refractivity contribution in [2.75, 3.05) is 32.1 Å². The van der Waals surface area contributed by atoms with Crippen LogP contribution in [0.4, 0.5) is 5.69 Å². The Labute approximate surface area is 171 Å². The lowest BCUT2D eigenvalue weighted by Gasteiger charge is -2.25. The number of benzene rings is 1. The molecule has 2 fully saturated rings. The van der Waals surface area contributed by atoms with Gasteiger partial charge in [0.05, 0.1) is 16.9 Å². The van der Waals surface area contributed by atoms with Gasteiger partial charge in [0, 0.05) is 43.9 Å². The van der Waals surface area contributed by atoms with Crippen molar-refractivity contribution in [3.05, 3.63) is 35.3 Å². The Hall–Kier alpha value is -2.78. The SMILES string of the molecule is Cc1c(-c2cccn2C)c(N2CC[C@H](N(C)C)C2)c2oc(C3CC3)nc2c1C#N. The lowest BCUT2D eigenvalue weighted by molar-refractivity contribution is 0.315. The number of nitrogens with zero attached hydrogens (tertiary/aromatic N) is 5. The van der Waals surface area contributed by atoms with E-state index in [1.165, 1.54) is 0 Å². The summed E-state index contributed by atoms with van der Waals surface area (Å²) in [5.74, 6) is 1.21. The zero-order valence-corrected chi connectivity index (χ0v) is 17.6. The third kappa shape index (κ3) is 2.84. The second-order valence-electron chi connectivity index (χ2n) is 8.70. The van der Waals surface area contributed by atoms with Gasteiger partial charge < -0.3 is 18.8 Å². The van der Waals surface area contributed by atoms with Crippen LogP contribution in [0.2, 0.25) is 0 Å². The monoisotopic (exact) mass is 389 g/mol. The fraction of sp³-hybridized carbons (Fsp3) is 0.478. The number of oxazole rings is 1. The number of anilines is 1. The molecule has 6 heteroatoms. The molecule has 1 aromatic carbocycles. The van der Waals surface area contributed by atoms with E-state index in [9.17, 15) is 5.26 Å². The summed E-state index contributed by atoms with van der Waals surface area (Å²) in [4.78, 5) is 9.54. The minimum atomic E-state index is 0.411. The van der Waals surface area contributed by atoms with E-state index in [2.05, 4.69) is 66.8 Å². The first-order valence-corrected chi connectivity index (χ1v) is 10.4. The summed E-state index contributed by atoms with van der Waals surface area (Å²) >= 11 is 0. The lowest BCUT2D eigenvalue weighted by Crippen LogP contribution is -2.31. The number of rotatable bonds is 4. The van der Waals surface area contributed by atoms with Crippen molar-refractivity contribution >= 4 is 16.8 Å². The molecule has 0 unspecified atom stereocenters. The maximum atomic E-state index is 9.98. The van der Waals surface area contributed by atoms with Crippen molar-refractivity contribution < 1.29 is 4.42 Å². The second-order valence-corrected chi connectivity index (χ2v) is 8.70. The van der Waals surface area contributed by atoms with Gasteiger partial charge in [0.15, 0.2) is 11.5 Å². The average molecular weight is 390 g/mol. The highest BCUT2D eigenvalue weighted by Gasteiger charge is 2.35. The number of fused-ring (bicyclic) bond motifs is 1. The van der Waals surface area contributed by atoms with Crippen LogP contribution in [0.5, 0.6) is 0 Å². The first-order chi connectivity index (χ1) is 14.0. The van der Waals surface area contributed by atoms with Crippen molar-refractivity contribution in [2.24, 2.45) is 7.05 Å². The maximum Gasteiger partial charge on any atom is 0.198 e. The molecule has 150 valence electrons. The molecule has 29 heavy (non-hydrogen) atoms. The van der Waals surface area contributed by atoms with Gasteiger partial charge in [0.1, 0.15) is 11.6 Å². The molecular weight excluding hydrogens is 362 g/mol. The van der Waals surface area contributed by atoms with Crippen LogP contribution in [-0.4, -0.2) is 47.7 Å². The van der Waals surface area contributed by atoms with E-state index in [1.807, 2.05) is 0 Å². The van der Waals surface area contributed by atoms with Gasteiger partial charge in [0.2, 0.25) is 0 Å². The summed E-state index contributed by atoms with van der Waals surface area (Å²) in [7, 11) is 6.34. The highest BCUT2D eigenvalue weighted by atomic mass is 16.4. The molecule has 0 N–H and O–H groups in total. The Morgan fingerprint density at radius 3 is 2.66 bits per heavy atom. The normalized spacial score (nSPS) is 19.4. The van der Waals surface area contributed by atoms with E-state index in [0.717, 1.165) is 71.9 Å². The van der Waals surface area contributed by atoms with Crippen molar-refractivity contribution in [3.63, 3.8) is 0 Å². The molecular formula is C23H27N5O. The van der Waals surface area contributed by atoms with Crippen LogP contribution in [0.1, 0.15) is 42.2 Å². The Kier molecular flexibility index (Phi) is 4.18. The predicted molar refractivity (Wildman–Crippen MR) is 114 cm³/mol. The molecule has 1 saturated heterocycles. The number of hydrogen-bond donors (Lipinski definition) is 0. The van der Waals surface area contributed by atoms with E-state index in [1.54, 1.807) is 0 Å². The summed E-state index contributed by atoms with van der Waals surface area (Å²) in [6.07, 6.45) is 5.42. The number of nitriles is 1. The zero-order valence-electron chi connectivity index (χ0n) is 17.6. The van der Waals surface area contributed by atoms with Crippen LogP contribution in [0.15, 0.2) is 22.7 Å². The largest absolute Gasteiger partial charge is 0.438 e. The highest BCUT2D eigenvalue weighted by molar-refractivity contribution is 6.02. The molecule has 0 bridgehead atoms. The predicted octanol–water partition coefficient (Wildman–Crippen LogP) is 4.03. The molecule has 5 rings (SSSR count). The van der Waals surface area contributed by atoms with Crippen LogP contribution in [0.3, 0.4) is 0 Å². The van der Waals surface area contributed by atoms with E-state index >= 15 is 0 Å². The van der Waals surface area contributed by atoms with Gasteiger partial charge in [-0.3, -0.25) is 0 Å². The fourth-order valence-corrected chi connectivity index (χ4v) is 4.60. The zero-order chi connectivity index (χ0) is 20.3. The highest BCUT2D eigenvalue weighted by Crippen LogP contribution is 2.47. The molecule has 2 aliphatic rings. The van der Waals surface area contributed by atoms with E-state index in [4.69, 9.17) is 9.40 Å². The Morgan fingerprint density at radius 2 is 2.07 bits per heavy atom. The second kappa shape index (κ2) is 6.64. The maximum absolute atomic E-state index is 9.98. The summed E-state index contributed by atoms with van der Waals surface area (Å²) in [5.41, 5.74) is 6.44. The molecule has 2 aromatic heterocycles. The van der Waals surface area contributed by atoms with Gasteiger partial charge in [-0.05, 0) is 58.0 Å². The van der Waals surface area contributed by atoms with Gasteiger partial charge in [-0.2, -0.15) is 5.26 Å². The van der Waals surface area contributed by atoms with Crippen LogP contribution in [0.25, 0.3) is 22.4 Å². The molecule has 1 atom stereocenters. The molecule has 1 aliphatic carbocycles. The minimum Gasteiger partial charge on any atom is -0.438 e. The van der Waals surface area contributed by atoms with Crippen molar-refractivity contribution in [3.8, 4) is 17.3 Å². The first kappa shape index (κ1) is 18.3. The van der Waals surface area contributed by atoms with Crippen LogP contribution in [0, 0.1) is 18.3 Å². The van der Waals surface area contributed by atoms with E-state index in [0.29, 0.717) is 17.5 Å². The third-order valence-electron chi connectivity index (χ3n) is 6.53. The number of hydrogen-bond acceptors (Lipinski definition) is 5. The summed E-state index contributed by atoms with van der Waals surface area (Å²) in [6.45, 7) is 3.97. The van der Waals surface area contributed by atoms with Gasteiger partial charge in [-0.1, -0.05) is 0 Å². The molecule has 0 spiro atoms. The third-order valence-corrected chi connectivity index (χ3v) is 6.53. The molecule has 6 nitrogen and oxygen atoms in total. The molecule has 0 radical (unpaired) electrons. The average Bonchev–Trinajstić information content (AvgIpc) is 3.08. The van der Waals surface area contributed by atoms with Gasteiger partial charge in [-0.25, -0.2) is 4.98 Å². The summed E-state index contributed by atoms with van der Waals surface area (Å²) < 4.78 is 8.50. The van der Waals surface area contributed by atoms with Gasteiger partial charge in [0.25, 0.3) is 0 Å². The Balaban J connectivity index is 1.80. The number of aryl methyl sites for hydroxylation is 1. The number of likely N-dealkylation sites (N-methyl/N-ethyl adjacent to an activating group) is 1. The standard InChI is InChI=1S/C23H27N5O/c1-14-17(12-24)20-22(29-23(25-20)15-7-8-15)21(19(14)18-6-5-10-27(18)4)28-11-9-16(13-28)26(2)3/h5-6,10,15-16H,7-9,11,13H2,1-4H3/t16-/m0/s1. The Bertz CT molecular complexity index is 1130. The van der Waals surface area contributed by atoms with Crippen molar-refractivity contribution in [2.45, 2.75) is 38.1 Å². The summed E-state index contributed by atoms with van der Waals surface area (Å²) in [6, 6.07) is 7.10. The summed E-state index contributed by atoms with van der Waals surface area (Å²) in [5, 5.41) is 9.98. The fourth-order valence-electron chi connectivity index (χ4n) is 4.60. The van der Waals surface area contributed by atoms with E-state index in [-0.39, 0.29) is 0 Å². The van der Waals surface area contributed by atoms with Crippen LogP contribution < -0.4 is 4.90 Å². The molecule has 3 aromatic rings. The van der Waals surface area contributed by atoms with Crippen LogP contribution >= 0.6 is 0 Å². The first-order valence-electron chi connectivity index (χ1n) is 10.4. The molecule has 0 amide bonds. The topological polar surface area (TPSA) is 61.2 Å².